The molecule has 4 aliphatic rings. The smallest absolute Gasteiger partial charge is 0.295 e. The molecule has 4 heterocycles. The fourth-order valence-corrected chi connectivity index (χ4v) is 5.49. The van der Waals surface area contributed by atoms with E-state index in [0.717, 1.165) is 25.9 Å². The van der Waals surface area contributed by atoms with Crippen LogP contribution in [0.3, 0.4) is 0 Å². The van der Waals surface area contributed by atoms with Gasteiger partial charge < -0.3 is 43.3 Å². The molecule has 4 aliphatic heterocycles. The third-order valence-electron chi connectivity index (χ3n) is 7.35. The molecule has 0 spiro atoms. The summed E-state index contributed by atoms with van der Waals surface area (Å²) in [5.74, 6) is 0.513. The van der Waals surface area contributed by atoms with E-state index in [1.807, 2.05) is 0 Å². The maximum atomic E-state index is 13.5. The van der Waals surface area contributed by atoms with Crippen molar-refractivity contribution in [3.63, 3.8) is 0 Å². The van der Waals surface area contributed by atoms with Crippen molar-refractivity contribution in [3.05, 3.63) is 41.0 Å². The topological polar surface area (TPSA) is 116 Å². The molecule has 11 heteroatoms. The Labute approximate surface area is 219 Å². The van der Waals surface area contributed by atoms with Gasteiger partial charge in [0.1, 0.15) is 5.76 Å². The van der Waals surface area contributed by atoms with Crippen molar-refractivity contribution >= 4 is 17.4 Å². The van der Waals surface area contributed by atoms with Crippen LogP contribution in [0, 0.1) is 0 Å². The zero-order chi connectivity index (χ0) is 26.4. The lowest BCUT2D eigenvalue weighted by atomic mass is 9.93. The molecule has 2 saturated heterocycles. The van der Waals surface area contributed by atoms with E-state index in [1.165, 1.54) is 19.1 Å². The predicted molar refractivity (Wildman–Crippen MR) is 133 cm³/mol. The molecule has 2 fully saturated rings. The number of nitrogens with zero attached hydrogens (tertiary/aromatic N) is 2. The van der Waals surface area contributed by atoms with Crippen molar-refractivity contribution in [2.75, 3.05) is 54.0 Å². The van der Waals surface area contributed by atoms with Gasteiger partial charge in [-0.3, -0.25) is 9.59 Å². The molecule has 0 saturated carbocycles. The fourth-order valence-electron chi connectivity index (χ4n) is 5.49. The summed E-state index contributed by atoms with van der Waals surface area (Å²) in [4.78, 5) is 30.7. The standard InChI is InChI=1S/C27H28N2O9/c1-33-19-12-16(24(34-2)26-25(19)37-14-38-26)21-20(22(30)15-5-6-17-18(11-15)36-13-35-17)23(31)27(32)29(21)10-9-28-7-3-4-8-28/h5-6,11-12,21,30H,3-4,7-10,13-14H2,1-2H3/t21-/m0/s1. The number of hydrogen-bond acceptors (Lipinski definition) is 10. The second-order valence-corrected chi connectivity index (χ2v) is 9.38. The van der Waals surface area contributed by atoms with Crippen LogP contribution in [0.4, 0.5) is 0 Å². The number of amides is 1. The summed E-state index contributed by atoms with van der Waals surface area (Å²) >= 11 is 0. The Morgan fingerprint density at radius 2 is 1.68 bits per heavy atom. The van der Waals surface area contributed by atoms with Gasteiger partial charge in [0.05, 0.1) is 25.8 Å². The van der Waals surface area contributed by atoms with Crippen LogP contribution in [0.2, 0.25) is 0 Å². The predicted octanol–water partition coefficient (Wildman–Crippen LogP) is 2.68. The monoisotopic (exact) mass is 524 g/mol. The van der Waals surface area contributed by atoms with Crippen molar-refractivity contribution in [3.8, 4) is 34.5 Å². The van der Waals surface area contributed by atoms with Crippen LogP contribution in [-0.4, -0.2) is 80.6 Å². The molecule has 200 valence electrons. The van der Waals surface area contributed by atoms with Crippen molar-refractivity contribution in [1.82, 2.24) is 9.80 Å². The van der Waals surface area contributed by atoms with Gasteiger partial charge in [-0.25, -0.2) is 0 Å². The highest BCUT2D eigenvalue weighted by Gasteiger charge is 2.48. The lowest BCUT2D eigenvalue weighted by Gasteiger charge is -2.29. The molecular weight excluding hydrogens is 496 g/mol. The van der Waals surface area contributed by atoms with Crippen LogP contribution in [0.1, 0.15) is 30.0 Å². The molecule has 1 N–H and O–H groups in total. The van der Waals surface area contributed by atoms with E-state index in [4.69, 9.17) is 28.4 Å². The SMILES string of the molecule is COc1cc([C@H]2C(=C(O)c3ccc4c(c3)OCO4)C(=O)C(=O)N2CCN2CCCC2)c(OC)c2c1OCO2. The van der Waals surface area contributed by atoms with Gasteiger partial charge in [0, 0.05) is 24.2 Å². The highest BCUT2D eigenvalue weighted by Crippen LogP contribution is 2.54. The molecule has 0 aliphatic carbocycles. The number of fused-ring (bicyclic) bond motifs is 2. The van der Waals surface area contributed by atoms with E-state index in [9.17, 15) is 14.7 Å². The number of likely N-dealkylation sites (tertiary alicyclic amines) is 2. The summed E-state index contributed by atoms with van der Waals surface area (Å²) in [6.45, 7) is 2.79. The largest absolute Gasteiger partial charge is 0.507 e. The second kappa shape index (κ2) is 9.64. The van der Waals surface area contributed by atoms with Crippen molar-refractivity contribution in [2.24, 2.45) is 0 Å². The number of carbonyl (C=O) groups is 2. The van der Waals surface area contributed by atoms with E-state index in [2.05, 4.69) is 4.90 Å². The molecule has 1 atom stereocenters. The minimum atomic E-state index is -0.957. The molecule has 11 nitrogen and oxygen atoms in total. The Morgan fingerprint density at radius 1 is 0.947 bits per heavy atom. The Balaban J connectivity index is 1.51. The minimum absolute atomic E-state index is 0.0299. The van der Waals surface area contributed by atoms with E-state index >= 15 is 0 Å². The van der Waals surface area contributed by atoms with Crippen molar-refractivity contribution in [1.29, 1.82) is 0 Å². The van der Waals surface area contributed by atoms with Crippen LogP contribution in [-0.2, 0) is 9.59 Å². The van der Waals surface area contributed by atoms with Crippen LogP contribution < -0.4 is 28.4 Å². The number of ketones is 1. The molecule has 38 heavy (non-hydrogen) atoms. The Hall–Kier alpha value is -4.12. The third-order valence-corrected chi connectivity index (χ3v) is 7.35. The van der Waals surface area contributed by atoms with Crippen LogP contribution in [0.5, 0.6) is 34.5 Å². The Bertz CT molecular complexity index is 1330. The summed E-state index contributed by atoms with van der Waals surface area (Å²) in [6, 6.07) is 5.57. The average Bonchev–Trinajstić information content (AvgIpc) is 3.74. The number of benzene rings is 2. The fraction of sp³-hybridized carbons (Fsp3) is 0.407. The van der Waals surface area contributed by atoms with Gasteiger partial charge >= 0.3 is 0 Å². The molecule has 0 radical (unpaired) electrons. The summed E-state index contributed by atoms with van der Waals surface area (Å²) in [7, 11) is 2.96. The molecule has 0 unspecified atom stereocenters. The normalized spacial score (nSPS) is 21.4. The number of Topliss-reactive ketones (excluding diaryl/α,β-unsaturated/α-hetero) is 1. The highest BCUT2D eigenvalue weighted by atomic mass is 16.7. The van der Waals surface area contributed by atoms with E-state index in [1.54, 1.807) is 24.3 Å². The number of ether oxygens (including phenoxy) is 6. The van der Waals surface area contributed by atoms with Gasteiger partial charge in [-0.2, -0.15) is 0 Å². The van der Waals surface area contributed by atoms with Crippen LogP contribution >= 0.6 is 0 Å². The van der Waals surface area contributed by atoms with Gasteiger partial charge in [-0.1, -0.05) is 0 Å². The first-order valence-corrected chi connectivity index (χ1v) is 12.5. The van der Waals surface area contributed by atoms with Gasteiger partial charge in [0.25, 0.3) is 11.7 Å². The zero-order valence-corrected chi connectivity index (χ0v) is 21.2. The lowest BCUT2D eigenvalue weighted by Crippen LogP contribution is -2.37. The first kappa shape index (κ1) is 24.2. The highest BCUT2D eigenvalue weighted by molar-refractivity contribution is 6.46. The molecule has 0 aromatic heterocycles. The second-order valence-electron chi connectivity index (χ2n) is 9.38. The van der Waals surface area contributed by atoms with Gasteiger partial charge in [-0.15, -0.1) is 0 Å². The third kappa shape index (κ3) is 3.85. The maximum absolute atomic E-state index is 13.5. The van der Waals surface area contributed by atoms with Crippen LogP contribution in [0.25, 0.3) is 5.76 Å². The number of rotatable bonds is 7. The first-order valence-electron chi connectivity index (χ1n) is 12.5. The first-order chi connectivity index (χ1) is 18.5. The van der Waals surface area contributed by atoms with Crippen molar-refractivity contribution in [2.45, 2.75) is 18.9 Å². The van der Waals surface area contributed by atoms with Gasteiger partial charge in [-0.05, 0) is 50.2 Å². The molecular formula is C27H28N2O9. The number of aliphatic hydroxyl groups is 1. The zero-order valence-electron chi connectivity index (χ0n) is 21.2. The summed E-state index contributed by atoms with van der Waals surface area (Å²) in [6.07, 6.45) is 2.19. The van der Waals surface area contributed by atoms with Gasteiger partial charge in [0.15, 0.2) is 23.0 Å². The summed E-state index contributed by atoms with van der Waals surface area (Å²) in [5.41, 5.74) is 0.703. The lowest BCUT2D eigenvalue weighted by molar-refractivity contribution is -0.140. The number of carbonyl (C=O) groups excluding carboxylic acids is 2. The Kier molecular flexibility index (Phi) is 6.15. The number of hydrogen-bond donors (Lipinski definition) is 1. The van der Waals surface area contributed by atoms with Gasteiger partial charge in [0.2, 0.25) is 25.1 Å². The molecule has 2 aromatic carbocycles. The quantitative estimate of drug-likeness (QED) is 0.329. The average molecular weight is 525 g/mol. The molecule has 6 rings (SSSR count). The number of methoxy groups -OCH3 is 2. The maximum Gasteiger partial charge on any atom is 0.295 e. The summed E-state index contributed by atoms with van der Waals surface area (Å²) in [5, 5.41) is 11.5. The molecule has 1 amide bonds. The molecule has 0 bridgehead atoms. The van der Waals surface area contributed by atoms with Crippen LogP contribution in [0.15, 0.2) is 29.8 Å². The van der Waals surface area contributed by atoms with E-state index in [-0.39, 0.29) is 31.5 Å². The Morgan fingerprint density at radius 3 is 2.45 bits per heavy atom. The van der Waals surface area contributed by atoms with Crippen molar-refractivity contribution < 1.29 is 43.1 Å². The number of aliphatic hydroxyl groups excluding tert-OH is 1. The minimum Gasteiger partial charge on any atom is -0.507 e. The molecule has 2 aromatic rings. The van der Waals surface area contributed by atoms with E-state index < -0.39 is 17.7 Å². The summed E-state index contributed by atoms with van der Waals surface area (Å²) < 4.78 is 33.4. The van der Waals surface area contributed by atoms with E-state index in [0.29, 0.717) is 52.2 Å².